The highest BCUT2D eigenvalue weighted by molar-refractivity contribution is 5.87. The maximum Gasteiger partial charge on any atom is 0.357 e. The van der Waals surface area contributed by atoms with Crippen molar-refractivity contribution < 1.29 is 9.53 Å². The molecule has 1 aromatic carbocycles. The maximum absolute atomic E-state index is 11.8. The molecule has 2 aromatic rings. The zero-order valence-corrected chi connectivity index (χ0v) is 11.2. The van der Waals surface area contributed by atoms with Gasteiger partial charge in [0.25, 0.3) is 0 Å². The normalized spacial score (nSPS) is 10.5. The zero-order chi connectivity index (χ0) is 13.7. The Bertz CT molecular complexity index is 532. The van der Waals surface area contributed by atoms with E-state index in [0.717, 1.165) is 11.1 Å². The molecule has 0 atom stereocenters. The van der Waals surface area contributed by atoms with Gasteiger partial charge in [-0.15, -0.1) is 0 Å². The minimum atomic E-state index is -0.390. The van der Waals surface area contributed by atoms with E-state index < -0.39 is 0 Å². The number of esters is 1. The summed E-state index contributed by atoms with van der Waals surface area (Å²) in [7, 11) is 0. The number of carbonyl (C=O) groups excluding carboxylic acids is 1. The van der Waals surface area contributed by atoms with Crippen LogP contribution in [0.5, 0.6) is 0 Å². The average molecular weight is 255 g/mol. The average Bonchev–Trinajstić information content (AvgIpc) is 2.46. The predicted molar refractivity (Wildman–Crippen MR) is 73.9 cm³/mol. The van der Waals surface area contributed by atoms with Gasteiger partial charge < -0.3 is 4.74 Å². The summed E-state index contributed by atoms with van der Waals surface area (Å²) in [6, 6.07) is 13.2. The number of aromatic nitrogens is 1. The van der Waals surface area contributed by atoms with E-state index in [2.05, 4.69) is 18.8 Å². The van der Waals surface area contributed by atoms with E-state index in [1.165, 1.54) is 0 Å². The minimum absolute atomic E-state index is 0.271. The van der Waals surface area contributed by atoms with E-state index >= 15 is 0 Å². The summed E-state index contributed by atoms with van der Waals surface area (Å²) >= 11 is 0. The molecular formula is C16H17NO2. The summed E-state index contributed by atoms with van der Waals surface area (Å²) in [5, 5.41) is 0. The first-order chi connectivity index (χ1) is 9.16. The second-order valence-corrected chi connectivity index (χ2v) is 4.69. The highest BCUT2D eigenvalue weighted by Gasteiger charge is 2.09. The number of pyridine rings is 1. The molecule has 0 bridgehead atoms. The first-order valence-corrected chi connectivity index (χ1v) is 6.34. The lowest BCUT2D eigenvalue weighted by Gasteiger charge is -2.06. The molecule has 0 amide bonds. The van der Waals surface area contributed by atoms with Crippen molar-refractivity contribution in [2.45, 2.75) is 26.4 Å². The molecule has 19 heavy (non-hydrogen) atoms. The van der Waals surface area contributed by atoms with E-state index in [1.54, 1.807) is 12.3 Å². The minimum Gasteiger partial charge on any atom is -0.456 e. The molecule has 0 N–H and O–H groups in total. The highest BCUT2D eigenvalue weighted by Crippen LogP contribution is 2.13. The number of rotatable bonds is 4. The number of nitrogens with zero attached hydrogens (tertiary/aromatic N) is 1. The molecule has 0 fully saturated rings. The summed E-state index contributed by atoms with van der Waals surface area (Å²) in [4.78, 5) is 16.0. The van der Waals surface area contributed by atoms with Crippen LogP contribution in [0.25, 0.3) is 0 Å². The zero-order valence-electron chi connectivity index (χ0n) is 11.2. The van der Waals surface area contributed by atoms with Gasteiger partial charge in [-0.1, -0.05) is 50.2 Å². The standard InChI is InChI=1S/C16H17NO2/c1-12(2)14-8-9-15(17-10-14)16(18)19-11-13-6-4-3-5-7-13/h3-10,12H,11H2,1-2H3. The lowest BCUT2D eigenvalue weighted by Crippen LogP contribution is -2.07. The third-order valence-corrected chi connectivity index (χ3v) is 2.87. The van der Waals surface area contributed by atoms with Gasteiger partial charge >= 0.3 is 5.97 Å². The lowest BCUT2D eigenvalue weighted by atomic mass is 10.1. The fraction of sp³-hybridized carbons (Fsp3) is 0.250. The molecule has 1 aromatic heterocycles. The third-order valence-electron chi connectivity index (χ3n) is 2.87. The van der Waals surface area contributed by atoms with Crippen LogP contribution in [0.4, 0.5) is 0 Å². The van der Waals surface area contributed by atoms with Gasteiger partial charge in [0.15, 0.2) is 0 Å². The van der Waals surface area contributed by atoms with Gasteiger partial charge in [0.1, 0.15) is 12.3 Å². The molecule has 0 spiro atoms. The van der Waals surface area contributed by atoms with Crippen molar-refractivity contribution in [1.82, 2.24) is 4.98 Å². The van der Waals surface area contributed by atoms with Crippen LogP contribution in [-0.4, -0.2) is 11.0 Å². The van der Waals surface area contributed by atoms with Crippen molar-refractivity contribution >= 4 is 5.97 Å². The molecule has 0 radical (unpaired) electrons. The van der Waals surface area contributed by atoms with Gasteiger partial charge in [-0.3, -0.25) is 0 Å². The van der Waals surface area contributed by atoms with Crippen molar-refractivity contribution in [3.8, 4) is 0 Å². The molecule has 3 nitrogen and oxygen atoms in total. The van der Waals surface area contributed by atoms with E-state index in [9.17, 15) is 4.79 Å². The van der Waals surface area contributed by atoms with Crippen LogP contribution in [0.15, 0.2) is 48.7 Å². The van der Waals surface area contributed by atoms with Crippen LogP contribution in [0.3, 0.4) is 0 Å². The Morgan fingerprint density at radius 2 is 1.89 bits per heavy atom. The number of hydrogen-bond donors (Lipinski definition) is 0. The lowest BCUT2D eigenvalue weighted by molar-refractivity contribution is 0.0465. The van der Waals surface area contributed by atoms with Crippen LogP contribution in [0.1, 0.15) is 41.4 Å². The van der Waals surface area contributed by atoms with Crippen molar-refractivity contribution in [3.05, 3.63) is 65.5 Å². The molecule has 0 aliphatic rings. The van der Waals surface area contributed by atoms with E-state index in [4.69, 9.17) is 4.74 Å². The molecule has 0 saturated carbocycles. The second kappa shape index (κ2) is 6.14. The van der Waals surface area contributed by atoms with Crippen molar-refractivity contribution in [2.75, 3.05) is 0 Å². The Labute approximate surface area is 113 Å². The Balaban J connectivity index is 1.96. The summed E-state index contributed by atoms with van der Waals surface area (Å²) < 4.78 is 5.21. The SMILES string of the molecule is CC(C)c1ccc(C(=O)OCc2ccccc2)nc1. The summed E-state index contributed by atoms with van der Waals surface area (Å²) in [6.07, 6.45) is 1.73. The quantitative estimate of drug-likeness (QED) is 0.784. The van der Waals surface area contributed by atoms with Crippen molar-refractivity contribution in [1.29, 1.82) is 0 Å². The van der Waals surface area contributed by atoms with Crippen LogP contribution in [-0.2, 0) is 11.3 Å². The van der Waals surface area contributed by atoms with Crippen molar-refractivity contribution in [3.63, 3.8) is 0 Å². The second-order valence-electron chi connectivity index (χ2n) is 4.69. The van der Waals surface area contributed by atoms with Gasteiger partial charge in [-0.25, -0.2) is 9.78 Å². The topological polar surface area (TPSA) is 39.2 Å². The molecule has 0 saturated heterocycles. The molecule has 3 heteroatoms. The van der Waals surface area contributed by atoms with Gasteiger partial charge in [0, 0.05) is 6.20 Å². The van der Waals surface area contributed by atoms with Gasteiger partial charge in [0.05, 0.1) is 0 Å². The largest absolute Gasteiger partial charge is 0.456 e. The number of hydrogen-bond acceptors (Lipinski definition) is 3. The van der Waals surface area contributed by atoms with Crippen LogP contribution in [0, 0.1) is 0 Å². The van der Waals surface area contributed by atoms with E-state index in [0.29, 0.717) is 11.6 Å². The Morgan fingerprint density at radius 1 is 1.16 bits per heavy atom. The van der Waals surface area contributed by atoms with E-state index in [1.807, 2.05) is 36.4 Å². The summed E-state index contributed by atoms with van der Waals surface area (Å²) in [6.45, 7) is 4.45. The van der Waals surface area contributed by atoms with E-state index in [-0.39, 0.29) is 12.6 Å². The number of ether oxygens (including phenoxy) is 1. The van der Waals surface area contributed by atoms with Gasteiger partial charge in [-0.2, -0.15) is 0 Å². The first-order valence-electron chi connectivity index (χ1n) is 6.34. The van der Waals surface area contributed by atoms with Crippen LogP contribution >= 0.6 is 0 Å². The van der Waals surface area contributed by atoms with Gasteiger partial charge in [-0.05, 0) is 23.1 Å². The van der Waals surface area contributed by atoms with Gasteiger partial charge in [0.2, 0.25) is 0 Å². The van der Waals surface area contributed by atoms with Crippen molar-refractivity contribution in [2.24, 2.45) is 0 Å². The monoisotopic (exact) mass is 255 g/mol. The Kier molecular flexibility index (Phi) is 4.29. The molecule has 98 valence electrons. The molecule has 0 aliphatic heterocycles. The first kappa shape index (κ1) is 13.3. The molecular weight excluding hydrogens is 238 g/mol. The molecule has 0 unspecified atom stereocenters. The Hall–Kier alpha value is -2.16. The van der Waals surface area contributed by atoms with Crippen LogP contribution in [0.2, 0.25) is 0 Å². The Morgan fingerprint density at radius 3 is 2.47 bits per heavy atom. The predicted octanol–water partition coefficient (Wildman–Crippen LogP) is 3.56. The third kappa shape index (κ3) is 3.65. The molecule has 1 heterocycles. The van der Waals surface area contributed by atoms with Crippen LogP contribution < -0.4 is 0 Å². The number of benzene rings is 1. The highest BCUT2D eigenvalue weighted by atomic mass is 16.5. The fourth-order valence-electron chi connectivity index (χ4n) is 1.66. The molecule has 2 rings (SSSR count). The summed E-state index contributed by atoms with van der Waals surface area (Å²) in [5.41, 5.74) is 2.43. The smallest absolute Gasteiger partial charge is 0.357 e. The fourth-order valence-corrected chi connectivity index (χ4v) is 1.66. The number of carbonyl (C=O) groups is 1. The molecule has 0 aliphatic carbocycles. The maximum atomic E-state index is 11.8. The summed E-state index contributed by atoms with van der Waals surface area (Å²) in [5.74, 6) is 0.0149.